The van der Waals surface area contributed by atoms with Gasteiger partial charge in [0.25, 0.3) is 0 Å². The van der Waals surface area contributed by atoms with E-state index in [0.717, 1.165) is 39.0 Å². The Labute approximate surface area is 115 Å². The number of rotatable bonds is 3. The number of likely N-dealkylation sites (N-methyl/N-ethyl adjacent to an activating group) is 1. The standard InChI is InChI=1S/C14H27N3O2/c1-10-3-4-11(7-13(10)15)14(18)16-8-12-9-17(2)5-6-19-12/h10-13H,3-9,15H2,1-2H3,(H,16,18). The normalized spacial score (nSPS) is 37.0. The van der Waals surface area contributed by atoms with Gasteiger partial charge in [-0.2, -0.15) is 0 Å². The molecule has 0 radical (unpaired) electrons. The molecule has 4 atom stereocenters. The zero-order valence-corrected chi connectivity index (χ0v) is 12.1. The molecule has 1 aliphatic carbocycles. The second-order valence-corrected chi connectivity index (χ2v) is 6.15. The molecule has 2 fully saturated rings. The van der Waals surface area contributed by atoms with Gasteiger partial charge in [0, 0.05) is 31.6 Å². The minimum Gasteiger partial charge on any atom is -0.374 e. The topological polar surface area (TPSA) is 67.6 Å². The third-order valence-corrected chi connectivity index (χ3v) is 4.47. The Kier molecular flexibility index (Phi) is 5.19. The fourth-order valence-electron chi connectivity index (χ4n) is 2.94. The molecule has 2 rings (SSSR count). The molecule has 3 N–H and O–H groups in total. The van der Waals surface area contributed by atoms with Gasteiger partial charge in [-0.1, -0.05) is 6.92 Å². The van der Waals surface area contributed by atoms with Crippen molar-refractivity contribution in [1.82, 2.24) is 10.2 Å². The predicted octanol–water partition coefficient (Wildman–Crippen LogP) is 0.197. The highest BCUT2D eigenvalue weighted by Crippen LogP contribution is 2.27. The van der Waals surface area contributed by atoms with E-state index in [1.807, 2.05) is 0 Å². The summed E-state index contributed by atoms with van der Waals surface area (Å²) >= 11 is 0. The smallest absolute Gasteiger partial charge is 0.223 e. The molecule has 2 aliphatic rings. The van der Waals surface area contributed by atoms with Crippen LogP contribution in [0.4, 0.5) is 0 Å². The van der Waals surface area contributed by atoms with Crippen molar-refractivity contribution in [3.63, 3.8) is 0 Å². The molecule has 19 heavy (non-hydrogen) atoms. The van der Waals surface area contributed by atoms with Crippen LogP contribution >= 0.6 is 0 Å². The van der Waals surface area contributed by atoms with Crippen LogP contribution in [-0.2, 0) is 9.53 Å². The third kappa shape index (κ3) is 4.16. The van der Waals surface area contributed by atoms with Crippen molar-refractivity contribution >= 4 is 5.91 Å². The van der Waals surface area contributed by atoms with Crippen LogP contribution in [0.3, 0.4) is 0 Å². The van der Waals surface area contributed by atoms with E-state index in [1.165, 1.54) is 0 Å². The summed E-state index contributed by atoms with van der Waals surface area (Å²) in [4.78, 5) is 14.4. The minimum atomic E-state index is 0.0903. The van der Waals surface area contributed by atoms with Crippen molar-refractivity contribution in [1.29, 1.82) is 0 Å². The van der Waals surface area contributed by atoms with E-state index in [2.05, 4.69) is 24.2 Å². The SMILES string of the molecule is CC1CCC(C(=O)NCC2CN(C)CCO2)CC1N. The Morgan fingerprint density at radius 1 is 1.47 bits per heavy atom. The van der Waals surface area contributed by atoms with Crippen molar-refractivity contribution in [2.75, 3.05) is 33.3 Å². The maximum atomic E-state index is 12.1. The molecule has 0 aromatic heterocycles. The maximum absolute atomic E-state index is 12.1. The van der Waals surface area contributed by atoms with Gasteiger partial charge in [-0.15, -0.1) is 0 Å². The number of morpholine rings is 1. The lowest BCUT2D eigenvalue weighted by molar-refractivity contribution is -0.127. The second-order valence-electron chi connectivity index (χ2n) is 6.15. The van der Waals surface area contributed by atoms with Gasteiger partial charge < -0.3 is 20.7 Å². The maximum Gasteiger partial charge on any atom is 0.223 e. The van der Waals surface area contributed by atoms with Gasteiger partial charge in [-0.05, 0) is 32.2 Å². The molecular weight excluding hydrogens is 242 g/mol. The zero-order valence-electron chi connectivity index (χ0n) is 12.1. The summed E-state index contributed by atoms with van der Waals surface area (Å²) < 4.78 is 5.64. The molecule has 1 saturated heterocycles. The Morgan fingerprint density at radius 3 is 2.95 bits per heavy atom. The first-order chi connectivity index (χ1) is 9.06. The van der Waals surface area contributed by atoms with E-state index in [1.54, 1.807) is 0 Å². The first-order valence-electron chi connectivity index (χ1n) is 7.39. The van der Waals surface area contributed by atoms with Crippen molar-refractivity contribution in [2.24, 2.45) is 17.6 Å². The quantitative estimate of drug-likeness (QED) is 0.768. The summed E-state index contributed by atoms with van der Waals surface area (Å²) in [6.07, 6.45) is 2.96. The average Bonchev–Trinajstić information content (AvgIpc) is 2.39. The molecule has 1 aliphatic heterocycles. The summed E-state index contributed by atoms with van der Waals surface area (Å²) in [7, 11) is 2.08. The molecule has 1 saturated carbocycles. The zero-order chi connectivity index (χ0) is 13.8. The van der Waals surface area contributed by atoms with Crippen LogP contribution in [0.2, 0.25) is 0 Å². The summed E-state index contributed by atoms with van der Waals surface area (Å²) in [5, 5.41) is 3.03. The van der Waals surface area contributed by atoms with Gasteiger partial charge in [0.05, 0.1) is 12.7 Å². The number of nitrogens with zero attached hydrogens (tertiary/aromatic N) is 1. The van der Waals surface area contributed by atoms with E-state index < -0.39 is 0 Å². The van der Waals surface area contributed by atoms with E-state index in [4.69, 9.17) is 10.5 Å². The first kappa shape index (κ1) is 14.8. The number of nitrogens with two attached hydrogens (primary N) is 1. The van der Waals surface area contributed by atoms with Gasteiger partial charge in [0.15, 0.2) is 0 Å². The van der Waals surface area contributed by atoms with Crippen LogP contribution in [0.25, 0.3) is 0 Å². The number of amides is 1. The number of carbonyl (C=O) groups excluding carboxylic acids is 1. The van der Waals surface area contributed by atoms with Gasteiger partial charge >= 0.3 is 0 Å². The van der Waals surface area contributed by atoms with E-state index in [0.29, 0.717) is 12.5 Å². The van der Waals surface area contributed by atoms with Crippen molar-refractivity contribution < 1.29 is 9.53 Å². The summed E-state index contributed by atoms with van der Waals surface area (Å²) in [6.45, 7) is 5.40. The van der Waals surface area contributed by atoms with E-state index in [9.17, 15) is 4.79 Å². The molecule has 5 heteroatoms. The highest BCUT2D eigenvalue weighted by molar-refractivity contribution is 5.78. The minimum absolute atomic E-state index is 0.0903. The van der Waals surface area contributed by atoms with Crippen LogP contribution in [0.15, 0.2) is 0 Å². The van der Waals surface area contributed by atoms with E-state index in [-0.39, 0.29) is 24.0 Å². The molecule has 5 nitrogen and oxygen atoms in total. The van der Waals surface area contributed by atoms with Crippen LogP contribution in [0, 0.1) is 11.8 Å². The molecule has 110 valence electrons. The third-order valence-electron chi connectivity index (χ3n) is 4.47. The van der Waals surface area contributed by atoms with Crippen LogP contribution in [0.5, 0.6) is 0 Å². The highest BCUT2D eigenvalue weighted by Gasteiger charge is 2.30. The van der Waals surface area contributed by atoms with Gasteiger partial charge in [-0.25, -0.2) is 0 Å². The molecule has 1 amide bonds. The van der Waals surface area contributed by atoms with Gasteiger partial charge in [0.1, 0.15) is 0 Å². The monoisotopic (exact) mass is 269 g/mol. The molecule has 0 aromatic rings. The Balaban J connectivity index is 1.72. The molecule has 0 aromatic carbocycles. The number of ether oxygens (including phenoxy) is 1. The summed E-state index contributed by atoms with van der Waals surface area (Å²) in [5.74, 6) is 0.783. The van der Waals surface area contributed by atoms with Gasteiger partial charge in [0.2, 0.25) is 5.91 Å². The molecular formula is C14H27N3O2. The number of carbonyl (C=O) groups is 1. The van der Waals surface area contributed by atoms with E-state index >= 15 is 0 Å². The lowest BCUT2D eigenvalue weighted by Crippen LogP contribution is -2.48. The average molecular weight is 269 g/mol. The van der Waals surface area contributed by atoms with Crippen molar-refractivity contribution in [3.8, 4) is 0 Å². The number of nitrogens with one attached hydrogen (secondary N) is 1. The van der Waals surface area contributed by atoms with Crippen molar-refractivity contribution in [2.45, 2.75) is 38.3 Å². The van der Waals surface area contributed by atoms with Crippen LogP contribution < -0.4 is 11.1 Å². The highest BCUT2D eigenvalue weighted by atomic mass is 16.5. The number of hydrogen-bond donors (Lipinski definition) is 2. The molecule has 1 heterocycles. The Hall–Kier alpha value is -0.650. The largest absolute Gasteiger partial charge is 0.374 e. The molecule has 4 unspecified atom stereocenters. The van der Waals surface area contributed by atoms with Gasteiger partial charge in [-0.3, -0.25) is 4.79 Å². The van der Waals surface area contributed by atoms with Crippen LogP contribution in [-0.4, -0.2) is 56.2 Å². The molecule has 0 bridgehead atoms. The first-order valence-corrected chi connectivity index (χ1v) is 7.39. The lowest BCUT2D eigenvalue weighted by atomic mass is 9.79. The second kappa shape index (κ2) is 6.68. The Morgan fingerprint density at radius 2 is 2.26 bits per heavy atom. The fourth-order valence-corrected chi connectivity index (χ4v) is 2.94. The summed E-state index contributed by atoms with van der Waals surface area (Å²) in [5.41, 5.74) is 6.05. The predicted molar refractivity (Wildman–Crippen MR) is 74.7 cm³/mol. The fraction of sp³-hybridized carbons (Fsp3) is 0.929. The number of hydrogen-bond acceptors (Lipinski definition) is 4. The molecule has 0 spiro atoms. The Bertz CT molecular complexity index is 311. The van der Waals surface area contributed by atoms with Crippen LogP contribution in [0.1, 0.15) is 26.2 Å². The van der Waals surface area contributed by atoms with Crippen molar-refractivity contribution in [3.05, 3.63) is 0 Å². The lowest BCUT2D eigenvalue weighted by Gasteiger charge is -2.33. The summed E-state index contributed by atoms with van der Waals surface area (Å²) in [6, 6.07) is 0.168.